The van der Waals surface area contributed by atoms with Crippen molar-refractivity contribution in [3.8, 4) is 0 Å². The monoisotopic (exact) mass is 355 g/mol. The molecule has 0 radical (unpaired) electrons. The number of hydrogen-bond acceptors (Lipinski definition) is 3. The lowest BCUT2D eigenvalue weighted by Gasteiger charge is -2.10. The van der Waals surface area contributed by atoms with Gasteiger partial charge in [-0.3, -0.25) is 9.78 Å². The average molecular weight is 356 g/mol. The number of carbonyl (C=O) groups excluding carboxylic acids is 1. The fourth-order valence-corrected chi connectivity index (χ4v) is 2.45. The summed E-state index contributed by atoms with van der Waals surface area (Å²) in [5.41, 5.74) is 3.22. The molecule has 0 fully saturated rings. The average Bonchev–Trinajstić information content (AvgIpc) is 2.60. The van der Waals surface area contributed by atoms with Crippen LogP contribution in [0.2, 0.25) is 5.02 Å². The van der Waals surface area contributed by atoms with Gasteiger partial charge in [0.05, 0.1) is 5.02 Å². The molecule has 1 heterocycles. The Morgan fingerprint density at radius 2 is 1.84 bits per heavy atom. The number of benzene rings is 2. The van der Waals surface area contributed by atoms with Gasteiger partial charge in [0.1, 0.15) is 11.5 Å². The molecule has 0 spiro atoms. The highest BCUT2D eigenvalue weighted by atomic mass is 35.5. The Morgan fingerprint density at radius 3 is 2.60 bits per heavy atom. The number of aromatic nitrogens is 1. The number of halogens is 2. The van der Waals surface area contributed by atoms with Crippen LogP contribution in [-0.2, 0) is 0 Å². The first-order chi connectivity index (χ1) is 12.0. The molecule has 1 aromatic heterocycles. The molecule has 0 bridgehead atoms. The van der Waals surface area contributed by atoms with Crippen LogP contribution in [0.1, 0.15) is 16.1 Å². The lowest BCUT2D eigenvalue weighted by Crippen LogP contribution is -2.14. The van der Waals surface area contributed by atoms with Gasteiger partial charge >= 0.3 is 0 Å². The zero-order valence-corrected chi connectivity index (χ0v) is 14.1. The molecular formula is C19H15ClFN3O. The normalized spacial score (nSPS) is 10.4. The third-order valence-electron chi connectivity index (χ3n) is 3.59. The molecule has 6 heteroatoms. The van der Waals surface area contributed by atoms with E-state index in [1.54, 1.807) is 18.2 Å². The number of carbonyl (C=O) groups is 1. The van der Waals surface area contributed by atoms with E-state index in [0.717, 1.165) is 11.3 Å². The van der Waals surface area contributed by atoms with Gasteiger partial charge in [0, 0.05) is 23.3 Å². The fourth-order valence-electron chi connectivity index (χ4n) is 2.27. The maximum atomic E-state index is 13.2. The van der Waals surface area contributed by atoms with Gasteiger partial charge in [-0.25, -0.2) is 4.39 Å². The minimum atomic E-state index is -0.486. The summed E-state index contributed by atoms with van der Waals surface area (Å²) in [6, 6.07) is 15.1. The van der Waals surface area contributed by atoms with Crippen molar-refractivity contribution in [1.29, 1.82) is 0 Å². The Labute approximate surface area is 149 Å². The molecule has 4 nitrogen and oxygen atoms in total. The molecule has 3 rings (SSSR count). The summed E-state index contributed by atoms with van der Waals surface area (Å²) in [5.74, 6) is -0.796. The second kappa shape index (κ2) is 7.32. The van der Waals surface area contributed by atoms with Crippen molar-refractivity contribution >= 4 is 34.6 Å². The van der Waals surface area contributed by atoms with E-state index in [2.05, 4.69) is 15.6 Å². The predicted octanol–water partition coefficient (Wildman–Crippen LogP) is 5.18. The zero-order valence-electron chi connectivity index (χ0n) is 13.4. The highest BCUT2D eigenvalue weighted by Crippen LogP contribution is 2.23. The number of nitrogens with zero attached hydrogens (tertiary/aromatic N) is 1. The molecule has 0 aliphatic rings. The van der Waals surface area contributed by atoms with E-state index >= 15 is 0 Å². The van der Waals surface area contributed by atoms with E-state index in [0.29, 0.717) is 11.4 Å². The highest BCUT2D eigenvalue weighted by molar-refractivity contribution is 6.31. The van der Waals surface area contributed by atoms with E-state index < -0.39 is 5.82 Å². The molecule has 2 aromatic carbocycles. The lowest BCUT2D eigenvalue weighted by atomic mass is 10.2. The maximum absolute atomic E-state index is 13.2. The third-order valence-corrected chi connectivity index (χ3v) is 3.88. The van der Waals surface area contributed by atoms with Crippen LogP contribution in [0.4, 0.5) is 21.5 Å². The molecule has 0 atom stereocenters. The fraction of sp³-hybridized carbons (Fsp3) is 0.0526. The van der Waals surface area contributed by atoms with Gasteiger partial charge in [0.15, 0.2) is 0 Å². The van der Waals surface area contributed by atoms with Crippen LogP contribution in [0.5, 0.6) is 0 Å². The molecular weight excluding hydrogens is 341 g/mol. The van der Waals surface area contributed by atoms with Crippen molar-refractivity contribution in [2.45, 2.75) is 6.92 Å². The lowest BCUT2D eigenvalue weighted by molar-refractivity contribution is 0.102. The summed E-state index contributed by atoms with van der Waals surface area (Å²) in [7, 11) is 0. The number of hydrogen-bond donors (Lipinski definition) is 2. The molecule has 2 N–H and O–H groups in total. The minimum absolute atomic E-state index is 0.0246. The minimum Gasteiger partial charge on any atom is -0.355 e. The van der Waals surface area contributed by atoms with E-state index in [-0.39, 0.29) is 16.6 Å². The molecule has 3 aromatic rings. The Balaban J connectivity index is 1.77. The summed E-state index contributed by atoms with van der Waals surface area (Å²) in [5, 5.41) is 5.93. The van der Waals surface area contributed by atoms with Crippen LogP contribution in [0.15, 0.2) is 60.8 Å². The van der Waals surface area contributed by atoms with Crippen molar-refractivity contribution in [3.63, 3.8) is 0 Å². The smallest absolute Gasteiger partial charge is 0.274 e. The quantitative estimate of drug-likeness (QED) is 0.678. The number of nitrogens with one attached hydrogen (secondary N) is 2. The largest absolute Gasteiger partial charge is 0.355 e. The van der Waals surface area contributed by atoms with Gasteiger partial charge in [0.25, 0.3) is 5.91 Å². The number of anilines is 3. The molecule has 126 valence electrons. The SMILES string of the molecule is Cc1ccccc1NC(=O)c1cc(Nc2ccc(F)c(Cl)c2)ccn1. The molecule has 0 saturated carbocycles. The van der Waals surface area contributed by atoms with Gasteiger partial charge < -0.3 is 10.6 Å². The second-order valence-corrected chi connectivity index (χ2v) is 5.86. The second-order valence-electron chi connectivity index (χ2n) is 5.45. The van der Waals surface area contributed by atoms with Crippen LogP contribution in [0, 0.1) is 12.7 Å². The Morgan fingerprint density at radius 1 is 1.08 bits per heavy atom. The van der Waals surface area contributed by atoms with E-state index in [4.69, 9.17) is 11.6 Å². The van der Waals surface area contributed by atoms with Crippen molar-refractivity contribution < 1.29 is 9.18 Å². The van der Waals surface area contributed by atoms with Gasteiger partial charge in [0.2, 0.25) is 0 Å². The molecule has 0 unspecified atom stereocenters. The van der Waals surface area contributed by atoms with Crippen molar-refractivity contribution in [2.24, 2.45) is 0 Å². The van der Waals surface area contributed by atoms with Crippen LogP contribution >= 0.6 is 11.6 Å². The summed E-state index contributed by atoms with van der Waals surface area (Å²) in [4.78, 5) is 16.5. The standard InChI is InChI=1S/C19H15ClFN3O/c1-12-4-2-3-5-17(12)24-19(25)18-11-14(8-9-22-18)23-13-6-7-16(21)15(20)10-13/h2-11H,1H3,(H,22,23)(H,24,25). The summed E-state index contributed by atoms with van der Waals surface area (Å²) in [6.07, 6.45) is 1.53. The van der Waals surface area contributed by atoms with Crippen LogP contribution in [0.25, 0.3) is 0 Å². The first-order valence-corrected chi connectivity index (χ1v) is 7.96. The van der Waals surface area contributed by atoms with Crippen LogP contribution in [0.3, 0.4) is 0 Å². The van der Waals surface area contributed by atoms with Gasteiger partial charge in [-0.2, -0.15) is 0 Å². The van der Waals surface area contributed by atoms with Gasteiger partial charge in [-0.1, -0.05) is 29.8 Å². The summed E-state index contributed by atoms with van der Waals surface area (Å²) in [6.45, 7) is 1.92. The molecule has 0 saturated heterocycles. The number of aryl methyl sites for hydroxylation is 1. The van der Waals surface area contributed by atoms with Crippen molar-refractivity contribution in [1.82, 2.24) is 4.98 Å². The summed E-state index contributed by atoms with van der Waals surface area (Å²) >= 11 is 5.78. The Bertz CT molecular complexity index is 930. The molecule has 0 aliphatic carbocycles. The molecule has 0 aliphatic heterocycles. The van der Waals surface area contributed by atoms with Crippen LogP contribution in [-0.4, -0.2) is 10.9 Å². The van der Waals surface area contributed by atoms with Gasteiger partial charge in [-0.15, -0.1) is 0 Å². The third kappa shape index (κ3) is 4.14. The number of pyridine rings is 1. The topological polar surface area (TPSA) is 54.0 Å². The number of amides is 1. The summed E-state index contributed by atoms with van der Waals surface area (Å²) < 4.78 is 13.2. The molecule has 25 heavy (non-hydrogen) atoms. The van der Waals surface area contributed by atoms with Crippen molar-refractivity contribution in [3.05, 3.63) is 82.9 Å². The van der Waals surface area contributed by atoms with Crippen molar-refractivity contribution in [2.75, 3.05) is 10.6 Å². The maximum Gasteiger partial charge on any atom is 0.274 e. The highest BCUT2D eigenvalue weighted by Gasteiger charge is 2.10. The first-order valence-electron chi connectivity index (χ1n) is 7.58. The zero-order chi connectivity index (χ0) is 17.8. The number of rotatable bonds is 4. The Kier molecular flexibility index (Phi) is 4.95. The molecule has 1 amide bonds. The first kappa shape index (κ1) is 16.9. The van der Waals surface area contributed by atoms with E-state index in [1.165, 1.54) is 18.3 Å². The van der Waals surface area contributed by atoms with Crippen LogP contribution < -0.4 is 10.6 Å². The number of para-hydroxylation sites is 1. The van der Waals surface area contributed by atoms with E-state index in [9.17, 15) is 9.18 Å². The van der Waals surface area contributed by atoms with Gasteiger partial charge in [-0.05, 0) is 48.9 Å². The predicted molar refractivity (Wildman–Crippen MR) is 98.1 cm³/mol. The Hall–Kier alpha value is -2.92. The van der Waals surface area contributed by atoms with E-state index in [1.807, 2.05) is 31.2 Å².